The molecule has 1 aliphatic rings. The first kappa shape index (κ1) is 13.5. The third-order valence-corrected chi connectivity index (χ3v) is 3.78. The minimum atomic E-state index is 0.281. The highest BCUT2D eigenvalue weighted by atomic mass is 16.3. The number of aryl methyl sites for hydroxylation is 1. The molecule has 0 spiro atoms. The fraction of sp³-hybridized carbons (Fsp3) is 0.600. The van der Waals surface area contributed by atoms with Crippen LogP contribution in [0, 0.1) is 6.92 Å². The van der Waals surface area contributed by atoms with Crippen molar-refractivity contribution in [3.8, 4) is 0 Å². The van der Waals surface area contributed by atoms with E-state index in [9.17, 15) is 5.11 Å². The van der Waals surface area contributed by atoms with Crippen molar-refractivity contribution in [3.63, 3.8) is 0 Å². The molecule has 0 radical (unpaired) electrons. The van der Waals surface area contributed by atoms with Gasteiger partial charge in [-0.15, -0.1) is 0 Å². The van der Waals surface area contributed by atoms with Gasteiger partial charge in [0.05, 0.1) is 0 Å². The van der Waals surface area contributed by atoms with Crippen molar-refractivity contribution in [2.45, 2.75) is 25.9 Å². The Hall–Kier alpha value is -0.900. The van der Waals surface area contributed by atoms with Gasteiger partial charge in [-0.1, -0.05) is 29.8 Å². The molecule has 1 saturated heterocycles. The van der Waals surface area contributed by atoms with Gasteiger partial charge in [0.2, 0.25) is 0 Å². The number of hydrogen-bond donors (Lipinski definition) is 1. The van der Waals surface area contributed by atoms with E-state index in [0.29, 0.717) is 6.04 Å². The number of benzene rings is 1. The quantitative estimate of drug-likeness (QED) is 0.874. The largest absolute Gasteiger partial charge is 0.396 e. The van der Waals surface area contributed by atoms with E-state index in [1.54, 1.807) is 0 Å². The lowest BCUT2D eigenvalue weighted by Crippen LogP contribution is -2.51. The normalized spacial score (nSPS) is 22.3. The Morgan fingerprint density at radius 2 is 1.94 bits per heavy atom. The lowest BCUT2D eigenvalue weighted by molar-refractivity contribution is 0.0667. The van der Waals surface area contributed by atoms with Gasteiger partial charge >= 0.3 is 0 Å². The smallest absolute Gasteiger partial charge is 0.0446 e. The number of hydrogen-bond acceptors (Lipinski definition) is 3. The molecular weight excluding hydrogens is 224 g/mol. The third kappa shape index (κ3) is 3.55. The van der Waals surface area contributed by atoms with E-state index in [1.807, 2.05) is 0 Å². The van der Waals surface area contributed by atoms with Crippen molar-refractivity contribution in [2.24, 2.45) is 0 Å². The van der Waals surface area contributed by atoms with Crippen LogP contribution in [0.25, 0.3) is 0 Å². The van der Waals surface area contributed by atoms with Crippen LogP contribution in [0.5, 0.6) is 0 Å². The van der Waals surface area contributed by atoms with Crippen LogP contribution >= 0.6 is 0 Å². The molecule has 1 unspecified atom stereocenters. The molecule has 1 aromatic rings. The van der Waals surface area contributed by atoms with Gasteiger partial charge in [0.15, 0.2) is 0 Å². The van der Waals surface area contributed by atoms with Crippen LogP contribution in [0.2, 0.25) is 0 Å². The van der Waals surface area contributed by atoms with Gasteiger partial charge < -0.3 is 10.0 Å². The van der Waals surface area contributed by atoms with E-state index in [-0.39, 0.29) is 6.61 Å². The summed E-state index contributed by atoms with van der Waals surface area (Å²) in [5.74, 6) is 0. The monoisotopic (exact) mass is 248 g/mol. The summed E-state index contributed by atoms with van der Waals surface area (Å²) in [6.45, 7) is 6.67. The molecule has 3 heteroatoms. The molecule has 0 saturated carbocycles. The molecular formula is C15H24N2O. The first-order chi connectivity index (χ1) is 8.69. The molecule has 0 bridgehead atoms. The van der Waals surface area contributed by atoms with Gasteiger partial charge in [0.1, 0.15) is 0 Å². The van der Waals surface area contributed by atoms with Crippen molar-refractivity contribution < 1.29 is 5.11 Å². The molecule has 1 atom stereocenters. The minimum Gasteiger partial charge on any atom is -0.396 e. The second-order valence-electron chi connectivity index (χ2n) is 5.38. The third-order valence-electron chi connectivity index (χ3n) is 3.78. The fourth-order valence-corrected chi connectivity index (χ4v) is 2.61. The van der Waals surface area contributed by atoms with Crippen LogP contribution in [-0.2, 0) is 6.54 Å². The molecule has 1 N–H and O–H groups in total. The van der Waals surface area contributed by atoms with E-state index >= 15 is 0 Å². The van der Waals surface area contributed by atoms with E-state index in [2.05, 4.69) is 48.0 Å². The number of nitrogens with zero attached hydrogens (tertiary/aromatic N) is 2. The van der Waals surface area contributed by atoms with Crippen molar-refractivity contribution >= 4 is 0 Å². The van der Waals surface area contributed by atoms with E-state index in [0.717, 1.165) is 32.6 Å². The second kappa shape index (κ2) is 6.32. The molecule has 1 heterocycles. The molecule has 0 aromatic heterocycles. The summed E-state index contributed by atoms with van der Waals surface area (Å²) >= 11 is 0. The maximum atomic E-state index is 9.18. The van der Waals surface area contributed by atoms with Gasteiger partial charge in [-0.05, 0) is 26.0 Å². The predicted octanol–water partition coefficient (Wildman–Crippen LogP) is 1.49. The zero-order chi connectivity index (χ0) is 13.0. The van der Waals surface area contributed by atoms with E-state index < -0.39 is 0 Å². The highest BCUT2D eigenvalue weighted by molar-refractivity contribution is 5.21. The predicted molar refractivity (Wildman–Crippen MR) is 74.6 cm³/mol. The van der Waals surface area contributed by atoms with E-state index in [1.165, 1.54) is 11.1 Å². The first-order valence-corrected chi connectivity index (χ1v) is 6.78. The lowest BCUT2D eigenvalue weighted by Gasteiger charge is -2.40. The van der Waals surface area contributed by atoms with Crippen LogP contribution < -0.4 is 0 Å². The number of aliphatic hydroxyl groups is 1. The van der Waals surface area contributed by atoms with Gasteiger partial charge in [-0.25, -0.2) is 0 Å². The SMILES string of the molecule is Cc1ccc(CN2CCN(C)CC2CCO)cc1. The summed E-state index contributed by atoms with van der Waals surface area (Å²) in [5, 5.41) is 9.18. The zero-order valence-electron chi connectivity index (χ0n) is 11.5. The Morgan fingerprint density at radius 1 is 1.22 bits per heavy atom. The lowest BCUT2D eigenvalue weighted by atomic mass is 10.1. The molecule has 2 rings (SSSR count). The van der Waals surface area contributed by atoms with Crippen LogP contribution in [0.15, 0.2) is 24.3 Å². The molecule has 1 aromatic carbocycles. The highest BCUT2D eigenvalue weighted by Crippen LogP contribution is 2.16. The van der Waals surface area contributed by atoms with E-state index in [4.69, 9.17) is 0 Å². The zero-order valence-corrected chi connectivity index (χ0v) is 11.5. The number of piperazine rings is 1. The Labute approximate surface area is 110 Å². The van der Waals surface area contributed by atoms with Crippen LogP contribution in [-0.4, -0.2) is 54.2 Å². The summed E-state index contributed by atoms with van der Waals surface area (Å²) in [6, 6.07) is 9.25. The minimum absolute atomic E-state index is 0.281. The number of aliphatic hydroxyl groups excluding tert-OH is 1. The summed E-state index contributed by atoms with van der Waals surface area (Å²) in [4.78, 5) is 4.85. The maximum absolute atomic E-state index is 9.18. The highest BCUT2D eigenvalue weighted by Gasteiger charge is 2.24. The standard InChI is InChI=1S/C15H24N2O/c1-13-3-5-14(6-4-13)11-17-9-8-16(2)12-15(17)7-10-18/h3-6,15,18H,7-12H2,1-2H3. The molecule has 1 aliphatic heterocycles. The molecule has 18 heavy (non-hydrogen) atoms. The van der Waals surface area contributed by atoms with Gasteiger partial charge in [0.25, 0.3) is 0 Å². The average Bonchev–Trinajstić information content (AvgIpc) is 2.36. The Kier molecular flexibility index (Phi) is 4.75. The molecule has 0 amide bonds. The van der Waals surface area contributed by atoms with Crippen LogP contribution in [0.3, 0.4) is 0 Å². The van der Waals surface area contributed by atoms with Crippen molar-refractivity contribution in [2.75, 3.05) is 33.3 Å². The Balaban J connectivity index is 1.99. The topological polar surface area (TPSA) is 26.7 Å². The van der Waals surface area contributed by atoms with Crippen LogP contribution in [0.1, 0.15) is 17.5 Å². The number of rotatable bonds is 4. The van der Waals surface area contributed by atoms with Gasteiger partial charge in [-0.2, -0.15) is 0 Å². The maximum Gasteiger partial charge on any atom is 0.0446 e. The summed E-state index contributed by atoms with van der Waals surface area (Å²) in [5.41, 5.74) is 2.68. The first-order valence-electron chi connectivity index (χ1n) is 6.78. The van der Waals surface area contributed by atoms with Crippen molar-refractivity contribution in [1.29, 1.82) is 0 Å². The molecule has 0 aliphatic carbocycles. The van der Waals surface area contributed by atoms with Crippen LogP contribution in [0.4, 0.5) is 0 Å². The van der Waals surface area contributed by atoms with Gasteiger partial charge in [-0.3, -0.25) is 4.90 Å². The summed E-state index contributed by atoms with van der Waals surface area (Å²) < 4.78 is 0. The average molecular weight is 248 g/mol. The van der Waals surface area contributed by atoms with Crippen molar-refractivity contribution in [1.82, 2.24) is 9.80 Å². The second-order valence-corrected chi connectivity index (χ2v) is 5.38. The fourth-order valence-electron chi connectivity index (χ4n) is 2.61. The molecule has 1 fully saturated rings. The van der Waals surface area contributed by atoms with Crippen molar-refractivity contribution in [3.05, 3.63) is 35.4 Å². The van der Waals surface area contributed by atoms with Gasteiger partial charge in [0, 0.05) is 38.8 Å². The Morgan fingerprint density at radius 3 is 2.61 bits per heavy atom. The summed E-state index contributed by atoms with van der Waals surface area (Å²) in [6.07, 6.45) is 0.871. The molecule has 100 valence electrons. The summed E-state index contributed by atoms with van der Waals surface area (Å²) in [7, 11) is 2.16. The number of likely N-dealkylation sites (N-methyl/N-ethyl adjacent to an activating group) is 1. The molecule has 3 nitrogen and oxygen atoms in total. The Bertz CT molecular complexity index is 363.